The van der Waals surface area contributed by atoms with Gasteiger partial charge in [0.2, 0.25) is 0 Å². The molecule has 0 aromatic rings. The Kier molecular flexibility index (Phi) is 8.04. The summed E-state index contributed by atoms with van der Waals surface area (Å²) >= 11 is 5.62. The molecule has 0 spiro atoms. The van der Waals surface area contributed by atoms with E-state index < -0.39 is 0 Å². The molecule has 0 aromatic carbocycles. The highest BCUT2D eigenvalue weighted by atomic mass is 35.5. The Morgan fingerprint density at radius 3 is 2.33 bits per heavy atom. The molecule has 0 fully saturated rings. The fraction of sp³-hybridized carbons (Fsp3) is 1.00. The molecule has 0 unspecified atom stereocenters. The maximum absolute atomic E-state index is 5.62. The predicted molar refractivity (Wildman–Crippen MR) is 56.9 cm³/mol. The van der Waals surface area contributed by atoms with Crippen molar-refractivity contribution >= 4 is 11.6 Å². The molecule has 0 N–H and O–H groups in total. The van der Waals surface area contributed by atoms with Gasteiger partial charge in [0.15, 0.2) is 0 Å². The summed E-state index contributed by atoms with van der Waals surface area (Å²) in [6, 6.07) is 0. The van der Waals surface area contributed by atoms with Gasteiger partial charge in [-0.1, -0.05) is 20.8 Å². The molecule has 0 bridgehead atoms. The summed E-state index contributed by atoms with van der Waals surface area (Å²) in [5, 5.41) is 0. The number of nitrogens with zero attached hydrogens (tertiary/aromatic N) is 1. The molecule has 0 atom stereocenters. The Hall–Kier alpha value is 0.250. The summed E-state index contributed by atoms with van der Waals surface area (Å²) in [5.74, 6) is 1.58. The Bertz CT molecular complexity index is 93.8. The second kappa shape index (κ2) is 7.88. The summed E-state index contributed by atoms with van der Waals surface area (Å²) in [6.45, 7) is 10.4. The predicted octanol–water partition coefficient (Wildman–Crippen LogP) is 2.98. The van der Waals surface area contributed by atoms with Crippen molar-refractivity contribution in [1.29, 1.82) is 0 Å². The molecule has 1 nitrogen and oxygen atoms in total. The van der Waals surface area contributed by atoms with Crippen LogP contribution in [0, 0.1) is 5.92 Å². The SMILES string of the molecule is CCN(CCCCCl)CC(C)C. The van der Waals surface area contributed by atoms with E-state index in [1.807, 2.05) is 0 Å². The zero-order valence-electron chi connectivity index (χ0n) is 8.65. The molecule has 74 valence electrons. The molecule has 0 saturated carbocycles. The standard InChI is InChI=1S/C10H22ClN/c1-4-12(9-10(2)3)8-6-5-7-11/h10H,4-9H2,1-3H3. The van der Waals surface area contributed by atoms with E-state index in [4.69, 9.17) is 11.6 Å². The fourth-order valence-electron chi connectivity index (χ4n) is 1.32. The first-order valence-corrected chi connectivity index (χ1v) is 5.52. The van der Waals surface area contributed by atoms with E-state index >= 15 is 0 Å². The third-order valence-electron chi connectivity index (χ3n) is 1.93. The van der Waals surface area contributed by atoms with E-state index in [9.17, 15) is 0 Å². The molecule has 0 amide bonds. The van der Waals surface area contributed by atoms with Gasteiger partial charge in [0, 0.05) is 12.4 Å². The molecular formula is C10H22ClN. The van der Waals surface area contributed by atoms with E-state index in [2.05, 4.69) is 25.7 Å². The monoisotopic (exact) mass is 191 g/mol. The van der Waals surface area contributed by atoms with Crippen molar-refractivity contribution in [2.45, 2.75) is 33.6 Å². The second-order valence-corrected chi connectivity index (χ2v) is 4.06. The van der Waals surface area contributed by atoms with Gasteiger partial charge in [-0.3, -0.25) is 0 Å². The van der Waals surface area contributed by atoms with Crippen molar-refractivity contribution in [2.75, 3.05) is 25.5 Å². The number of hydrogen-bond donors (Lipinski definition) is 0. The summed E-state index contributed by atoms with van der Waals surface area (Å²) in [6.07, 6.45) is 2.39. The minimum Gasteiger partial charge on any atom is -0.303 e. The van der Waals surface area contributed by atoms with Crippen molar-refractivity contribution in [1.82, 2.24) is 4.90 Å². The maximum Gasteiger partial charge on any atom is 0.0223 e. The van der Waals surface area contributed by atoms with E-state index in [0.29, 0.717) is 0 Å². The Labute approximate surface area is 82.1 Å². The summed E-state index contributed by atoms with van der Waals surface area (Å²) in [7, 11) is 0. The van der Waals surface area contributed by atoms with E-state index in [1.54, 1.807) is 0 Å². The van der Waals surface area contributed by atoms with Crippen molar-refractivity contribution in [3.8, 4) is 0 Å². The second-order valence-electron chi connectivity index (χ2n) is 3.68. The lowest BCUT2D eigenvalue weighted by molar-refractivity contribution is 0.253. The fourth-order valence-corrected chi connectivity index (χ4v) is 1.51. The van der Waals surface area contributed by atoms with Crippen LogP contribution in [-0.2, 0) is 0 Å². The van der Waals surface area contributed by atoms with Crippen molar-refractivity contribution < 1.29 is 0 Å². The van der Waals surface area contributed by atoms with Crippen LogP contribution in [0.25, 0.3) is 0 Å². The molecule has 12 heavy (non-hydrogen) atoms. The molecule has 0 aromatic heterocycles. The number of halogens is 1. The highest BCUT2D eigenvalue weighted by Gasteiger charge is 2.03. The molecule has 0 heterocycles. The number of hydrogen-bond acceptors (Lipinski definition) is 1. The molecule has 2 heteroatoms. The highest BCUT2D eigenvalue weighted by Crippen LogP contribution is 2.01. The van der Waals surface area contributed by atoms with Crippen molar-refractivity contribution in [3.63, 3.8) is 0 Å². The van der Waals surface area contributed by atoms with Crippen LogP contribution >= 0.6 is 11.6 Å². The van der Waals surface area contributed by atoms with Gasteiger partial charge in [0.1, 0.15) is 0 Å². The van der Waals surface area contributed by atoms with Crippen molar-refractivity contribution in [2.24, 2.45) is 5.92 Å². The van der Waals surface area contributed by atoms with E-state index in [1.165, 1.54) is 26.1 Å². The van der Waals surface area contributed by atoms with Gasteiger partial charge in [0.05, 0.1) is 0 Å². The molecule has 0 aliphatic heterocycles. The number of alkyl halides is 1. The van der Waals surface area contributed by atoms with Crippen molar-refractivity contribution in [3.05, 3.63) is 0 Å². The zero-order chi connectivity index (χ0) is 9.40. The first-order valence-electron chi connectivity index (χ1n) is 4.99. The average Bonchev–Trinajstić information content (AvgIpc) is 2.02. The molecule has 0 saturated heterocycles. The molecule has 0 aliphatic rings. The summed E-state index contributed by atoms with van der Waals surface area (Å²) < 4.78 is 0. The van der Waals surface area contributed by atoms with Crippen LogP contribution in [-0.4, -0.2) is 30.4 Å². The normalized spacial score (nSPS) is 11.5. The van der Waals surface area contributed by atoms with Gasteiger partial charge in [0.25, 0.3) is 0 Å². The molecule has 0 rings (SSSR count). The lowest BCUT2D eigenvalue weighted by Crippen LogP contribution is -2.28. The van der Waals surface area contributed by atoms with Crippen LogP contribution in [0.3, 0.4) is 0 Å². The van der Waals surface area contributed by atoms with Gasteiger partial charge in [-0.15, -0.1) is 11.6 Å². The Morgan fingerprint density at radius 1 is 1.25 bits per heavy atom. The lowest BCUT2D eigenvalue weighted by atomic mass is 10.2. The quantitative estimate of drug-likeness (QED) is 0.442. The first kappa shape index (κ1) is 12.2. The van der Waals surface area contributed by atoms with E-state index in [-0.39, 0.29) is 0 Å². The van der Waals surface area contributed by atoms with Crippen LogP contribution in [0.1, 0.15) is 33.6 Å². The minimum atomic E-state index is 0.779. The molecular weight excluding hydrogens is 170 g/mol. The summed E-state index contributed by atoms with van der Waals surface area (Å²) in [5.41, 5.74) is 0. The van der Waals surface area contributed by atoms with E-state index in [0.717, 1.165) is 18.2 Å². The maximum atomic E-state index is 5.62. The smallest absolute Gasteiger partial charge is 0.0223 e. The van der Waals surface area contributed by atoms with Gasteiger partial charge in [-0.05, 0) is 31.8 Å². The zero-order valence-corrected chi connectivity index (χ0v) is 9.40. The minimum absolute atomic E-state index is 0.779. The third-order valence-corrected chi connectivity index (χ3v) is 2.20. The lowest BCUT2D eigenvalue weighted by Gasteiger charge is -2.21. The van der Waals surface area contributed by atoms with Crippen LogP contribution in [0.2, 0.25) is 0 Å². The summed E-state index contributed by atoms with van der Waals surface area (Å²) in [4.78, 5) is 2.50. The largest absolute Gasteiger partial charge is 0.303 e. The number of rotatable bonds is 7. The third kappa shape index (κ3) is 6.93. The topological polar surface area (TPSA) is 3.24 Å². The highest BCUT2D eigenvalue weighted by molar-refractivity contribution is 6.17. The number of unbranched alkanes of at least 4 members (excludes halogenated alkanes) is 1. The van der Waals surface area contributed by atoms with Gasteiger partial charge < -0.3 is 4.90 Å². The van der Waals surface area contributed by atoms with Gasteiger partial charge in [-0.2, -0.15) is 0 Å². The van der Waals surface area contributed by atoms with Gasteiger partial charge >= 0.3 is 0 Å². The Morgan fingerprint density at radius 2 is 1.92 bits per heavy atom. The Balaban J connectivity index is 3.39. The van der Waals surface area contributed by atoms with Crippen LogP contribution in [0.5, 0.6) is 0 Å². The van der Waals surface area contributed by atoms with Crippen LogP contribution < -0.4 is 0 Å². The molecule has 0 aliphatic carbocycles. The van der Waals surface area contributed by atoms with Crippen LogP contribution in [0.4, 0.5) is 0 Å². The van der Waals surface area contributed by atoms with Gasteiger partial charge in [-0.25, -0.2) is 0 Å². The van der Waals surface area contributed by atoms with Crippen LogP contribution in [0.15, 0.2) is 0 Å². The molecule has 0 radical (unpaired) electrons. The average molecular weight is 192 g/mol. The first-order chi connectivity index (χ1) is 5.70.